The molecule has 7 heteroatoms. The van der Waals surface area contributed by atoms with Gasteiger partial charge >= 0.3 is 0 Å². The van der Waals surface area contributed by atoms with Crippen molar-refractivity contribution in [1.29, 1.82) is 0 Å². The Morgan fingerprint density at radius 3 is 2.69 bits per heavy atom. The molecule has 3 N–H and O–H groups in total. The third-order valence-electron chi connectivity index (χ3n) is 3.84. The maximum Gasteiger partial charge on any atom is 0.229 e. The molecular formula is C19H17N7. The van der Waals surface area contributed by atoms with Crippen molar-refractivity contribution in [2.45, 2.75) is 6.92 Å². The summed E-state index contributed by atoms with van der Waals surface area (Å²) in [6.07, 6.45) is 12.8. The van der Waals surface area contributed by atoms with Crippen molar-refractivity contribution in [2.24, 2.45) is 0 Å². The molecule has 0 bridgehead atoms. The molecule has 128 valence electrons. The van der Waals surface area contributed by atoms with Gasteiger partial charge in [0, 0.05) is 53.2 Å². The molecule has 0 aromatic carbocycles. The van der Waals surface area contributed by atoms with Crippen LogP contribution in [0.2, 0.25) is 0 Å². The molecule has 4 aromatic rings. The topological polar surface area (TPSA) is 91.4 Å². The van der Waals surface area contributed by atoms with E-state index in [1.807, 2.05) is 62.1 Å². The zero-order valence-corrected chi connectivity index (χ0v) is 14.1. The van der Waals surface area contributed by atoms with Gasteiger partial charge in [-0.1, -0.05) is 6.08 Å². The number of aromatic nitrogens is 5. The molecule has 26 heavy (non-hydrogen) atoms. The first-order valence-corrected chi connectivity index (χ1v) is 8.19. The van der Waals surface area contributed by atoms with E-state index < -0.39 is 0 Å². The van der Waals surface area contributed by atoms with Crippen LogP contribution in [0.15, 0.2) is 67.5 Å². The van der Waals surface area contributed by atoms with Gasteiger partial charge in [-0.2, -0.15) is 4.98 Å². The van der Waals surface area contributed by atoms with Crippen molar-refractivity contribution >= 4 is 28.5 Å². The molecule has 4 rings (SSSR count). The van der Waals surface area contributed by atoms with Crippen LogP contribution in [-0.4, -0.2) is 24.9 Å². The van der Waals surface area contributed by atoms with Gasteiger partial charge in [-0.25, -0.2) is 9.97 Å². The normalized spacial score (nSPS) is 11.1. The van der Waals surface area contributed by atoms with Gasteiger partial charge in [0.15, 0.2) is 0 Å². The van der Waals surface area contributed by atoms with Gasteiger partial charge in [-0.3, -0.25) is 4.98 Å². The predicted molar refractivity (Wildman–Crippen MR) is 103 cm³/mol. The summed E-state index contributed by atoms with van der Waals surface area (Å²) in [6.45, 7) is 1.95. The molecule has 0 amide bonds. The fraction of sp³-hybridized carbons (Fsp3) is 0.0526. The van der Waals surface area contributed by atoms with Crippen LogP contribution in [0.25, 0.3) is 22.2 Å². The van der Waals surface area contributed by atoms with E-state index in [2.05, 4.69) is 35.6 Å². The summed E-state index contributed by atoms with van der Waals surface area (Å²) in [4.78, 5) is 20.6. The zero-order valence-electron chi connectivity index (χ0n) is 14.1. The summed E-state index contributed by atoms with van der Waals surface area (Å²) in [5, 5.41) is 7.21. The standard InChI is InChI=1S/C19H17N7/c1-2-7-21-17-4-3-13(10-22-17)15-11-23-18-16(15)12-24-19(26-18)25-14-5-8-20-9-6-14/h2-12H,1H3,(H,21,22)(H2,20,23,24,25,26). The minimum atomic E-state index is 0.529. The van der Waals surface area contributed by atoms with E-state index >= 15 is 0 Å². The average molecular weight is 343 g/mol. The van der Waals surface area contributed by atoms with E-state index in [0.29, 0.717) is 5.95 Å². The van der Waals surface area contributed by atoms with E-state index in [1.54, 1.807) is 12.4 Å². The Balaban J connectivity index is 1.61. The van der Waals surface area contributed by atoms with Crippen LogP contribution in [0.4, 0.5) is 17.5 Å². The van der Waals surface area contributed by atoms with Crippen LogP contribution >= 0.6 is 0 Å². The van der Waals surface area contributed by atoms with Gasteiger partial charge in [0.2, 0.25) is 5.95 Å². The summed E-state index contributed by atoms with van der Waals surface area (Å²) < 4.78 is 0. The van der Waals surface area contributed by atoms with E-state index in [9.17, 15) is 0 Å². The average Bonchev–Trinajstić information content (AvgIpc) is 3.11. The van der Waals surface area contributed by atoms with Crippen LogP contribution in [0.5, 0.6) is 0 Å². The highest BCUT2D eigenvalue weighted by Crippen LogP contribution is 2.28. The quantitative estimate of drug-likeness (QED) is 0.505. The largest absolute Gasteiger partial charge is 0.347 e. The fourth-order valence-electron chi connectivity index (χ4n) is 2.58. The molecule has 4 aromatic heterocycles. The number of nitrogens with zero attached hydrogens (tertiary/aromatic N) is 4. The van der Waals surface area contributed by atoms with Crippen LogP contribution in [0, 0.1) is 0 Å². The minimum Gasteiger partial charge on any atom is -0.347 e. The first-order valence-electron chi connectivity index (χ1n) is 8.19. The SMILES string of the molecule is CC=CNc1ccc(-c2c[nH]c3nc(Nc4ccncc4)ncc23)cn1. The van der Waals surface area contributed by atoms with Crippen LogP contribution in [-0.2, 0) is 0 Å². The molecule has 0 saturated heterocycles. The maximum atomic E-state index is 4.53. The third-order valence-corrected chi connectivity index (χ3v) is 3.84. The molecule has 0 atom stereocenters. The molecule has 4 heterocycles. The van der Waals surface area contributed by atoms with Crippen LogP contribution in [0.3, 0.4) is 0 Å². The van der Waals surface area contributed by atoms with Crippen LogP contribution in [0.1, 0.15) is 6.92 Å². The van der Waals surface area contributed by atoms with Gasteiger partial charge in [0.05, 0.1) is 0 Å². The van der Waals surface area contributed by atoms with Crippen molar-refractivity contribution < 1.29 is 0 Å². The molecule has 0 aliphatic heterocycles. The molecule has 0 radical (unpaired) electrons. The minimum absolute atomic E-state index is 0.529. The van der Waals surface area contributed by atoms with Gasteiger partial charge < -0.3 is 15.6 Å². The van der Waals surface area contributed by atoms with E-state index in [0.717, 1.165) is 33.7 Å². The summed E-state index contributed by atoms with van der Waals surface area (Å²) in [7, 11) is 0. The van der Waals surface area contributed by atoms with Crippen molar-refractivity contribution in [2.75, 3.05) is 10.6 Å². The molecule has 0 unspecified atom stereocenters. The molecule has 0 aliphatic carbocycles. The summed E-state index contributed by atoms with van der Waals surface area (Å²) in [5.41, 5.74) is 3.67. The van der Waals surface area contributed by atoms with Gasteiger partial charge in [0.1, 0.15) is 11.5 Å². The Kier molecular flexibility index (Phi) is 4.26. The lowest BCUT2D eigenvalue weighted by atomic mass is 10.1. The lowest BCUT2D eigenvalue weighted by molar-refractivity contribution is 1.19. The summed E-state index contributed by atoms with van der Waals surface area (Å²) in [5.74, 6) is 1.33. The number of rotatable bonds is 5. The summed E-state index contributed by atoms with van der Waals surface area (Å²) >= 11 is 0. The lowest BCUT2D eigenvalue weighted by Crippen LogP contribution is -1.96. The van der Waals surface area contributed by atoms with E-state index in [4.69, 9.17) is 0 Å². The van der Waals surface area contributed by atoms with Gasteiger partial charge in [-0.05, 0) is 37.4 Å². The molecule has 7 nitrogen and oxygen atoms in total. The molecule has 0 aliphatic rings. The van der Waals surface area contributed by atoms with E-state index in [-0.39, 0.29) is 0 Å². The number of nitrogens with one attached hydrogen (secondary N) is 3. The Morgan fingerprint density at radius 1 is 1.04 bits per heavy atom. The highest BCUT2D eigenvalue weighted by atomic mass is 15.1. The second kappa shape index (κ2) is 7.02. The number of allylic oxidation sites excluding steroid dienone is 1. The number of aromatic amines is 1. The number of anilines is 3. The molecular weight excluding hydrogens is 326 g/mol. The van der Waals surface area contributed by atoms with Crippen molar-refractivity contribution in [3.63, 3.8) is 0 Å². The second-order valence-corrected chi connectivity index (χ2v) is 5.60. The first-order chi connectivity index (χ1) is 12.8. The Labute approximate surface area is 150 Å². The zero-order chi connectivity index (χ0) is 17.8. The number of H-pyrrole nitrogens is 1. The Bertz CT molecular complexity index is 1040. The van der Waals surface area contributed by atoms with Crippen molar-refractivity contribution in [1.82, 2.24) is 24.9 Å². The predicted octanol–water partition coefficient (Wildman–Crippen LogP) is 4.10. The highest BCUT2D eigenvalue weighted by Gasteiger charge is 2.09. The maximum absolute atomic E-state index is 4.53. The highest BCUT2D eigenvalue weighted by molar-refractivity contribution is 5.93. The lowest BCUT2D eigenvalue weighted by Gasteiger charge is -2.04. The van der Waals surface area contributed by atoms with Gasteiger partial charge in [-0.15, -0.1) is 0 Å². The second-order valence-electron chi connectivity index (χ2n) is 5.60. The number of hydrogen-bond donors (Lipinski definition) is 3. The summed E-state index contributed by atoms with van der Waals surface area (Å²) in [6, 6.07) is 7.68. The molecule has 0 fully saturated rings. The third kappa shape index (κ3) is 3.23. The van der Waals surface area contributed by atoms with Crippen LogP contribution < -0.4 is 10.6 Å². The fourth-order valence-corrected chi connectivity index (χ4v) is 2.58. The Hall–Kier alpha value is -3.74. The van der Waals surface area contributed by atoms with E-state index in [1.165, 1.54) is 0 Å². The van der Waals surface area contributed by atoms with Crippen molar-refractivity contribution in [3.05, 3.63) is 67.5 Å². The number of fused-ring (bicyclic) bond motifs is 1. The smallest absolute Gasteiger partial charge is 0.229 e. The number of hydrogen-bond acceptors (Lipinski definition) is 6. The monoisotopic (exact) mass is 343 g/mol. The number of pyridine rings is 2. The Morgan fingerprint density at radius 2 is 1.92 bits per heavy atom. The molecule has 0 saturated carbocycles. The van der Waals surface area contributed by atoms with Crippen molar-refractivity contribution in [3.8, 4) is 11.1 Å². The molecule has 0 spiro atoms. The van der Waals surface area contributed by atoms with Gasteiger partial charge in [0.25, 0.3) is 0 Å². The first kappa shape index (κ1) is 15.8.